The molecule has 0 amide bonds. The lowest BCUT2D eigenvalue weighted by Gasteiger charge is -2.36. The molecule has 6 aromatic rings. The van der Waals surface area contributed by atoms with Crippen molar-refractivity contribution < 1.29 is 0 Å². The van der Waals surface area contributed by atoms with E-state index in [0.29, 0.717) is 5.92 Å². The standard InChI is InChI=1S/C57H63N3S9/c61-55(58(40-47-19-7-1-8-20-47)41-48-21-9-2-10-22-48)67-64-36-33-46-31-32-53(34-37-65-68-56(62)59(42-49-23-11-3-12-24-49)43-50-25-13-4-14-26-50)54(39-46)35-38-66-69-57(63)60(44-51-27-15-5-16-28-51)45-52-29-17-6-18-30-52/h1-30,46,53-54H,31-45H2. The summed E-state index contributed by atoms with van der Waals surface area (Å²) in [6.45, 7) is 4.87. The van der Waals surface area contributed by atoms with Crippen molar-refractivity contribution in [3.63, 3.8) is 0 Å². The van der Waals surface area contributed by atoms with Crippen molar-refractivity contribution in [3.05, 3.63) is 215 Å². The fourth-order valence-electron chi connectivity index (χ4n) is 8.85. The van der Waals surface area contributed by atoms with Gasteiger partial charge in [0.05, 0.1) is 0 Å². The van der Waals surface area contributed by atoms with E-state index in [-0.39, 0.29) is 0 Å². The molecule has 3 nitrogen and oxygen atoms in total. The van der Waals surface area contributed by atoms with Gasteiger partial charge in [0.25, 0.3) is 0 Å². The summed E-state index contributed by atoms with van der Waals surface area (Å²) in [7, 11) is 11.2. The Kier molecular flexibility index (Phi) is 24.1. The molecule has 0 spiro atoms. The molecule has 1 aliphatic rings. The molecule has 69 heavy (non-hydrogen) atoms. The lowest BCUT2D eigenvalue weighted by atomic mass is 9.71. The Morgan fingerprint density at radius 1 is 0.348 bits per heavy atom. The molecular formula is C57H63N3S9. The Labute approximate surface area is 453 Å². The maximum atomic E-state index is 6.16. The van der Waals surface area contributed by atoms with Crippen LogP contribution in [0.5, 0.6) is 0 Å². The summed E-state index contributed by atoms with van der Waals surface area (Å²) >= 11 is 18.4. The van der Waals surface area contributed by atoms with Gasteiger partial charge in [-0.05, 0) is 116 Å². The molecule has 0 bridgehead atoms. The summed E-state index contributed by atoms with van der Waals surface area (Å²) in [5.41, 5.74) is 7.70. The van der Waals surface area contributed by atoms with Crippen LogP contribution in [0, 0.1) is 17.8 Å². The third kappa shape index (κ3) is 19.6. The van der Waals surface area contributed by atoms with Gasteiger partial charge in [0.15, 0.2) is 0 Å². The summed E-state index contributed by atoms with van der Waals surface area (Å²) in [4.78, 5) is 7.08. The molecule has 0 saturated heterocycles. The van der Waals surface area contributed by atoms with Crippen molar-refractivity contribution in [2.75, 3.05) is 17.3 Å². The Bertz CT molecular complexity index is 2260. The van der Waals surface area contributed by atoms with E-state index in [2.05, 4.69) is 197 Å². The van der Waals surface area contributed by atoms with Gasteiger partial charge in [0.2, 0.25) is 0 Å². The number of hydrogen-bond acceptors (Lipinski definition) is 9. The molecule has 3 unspecified atom stereocenters. The van der Waals surface area contributed by atoms with Crippen molar-refractivity contribution >= 4 is 114 Å². The molecule has 0 N–H and O–H groups in total. The SMILES string of the molecule is S=C(SSCCC1CCC(CCSSC(=S)N(Cc2ccccc2)Cc2ccccc2)C(CCSSC(=S)N(Cc2ccccc2)Cc2ccccc2)C1)N(Cc1ccccc1)Cc1ccccc1. The smallest absolute Gasteiger partial charge is 0.147 e. The van der Waals surface area contributed by atoms with Crippen LogP contribution in [0.4, 0.5) is 0 Å². The van der Waals surface area contributed by atoms with Crippen LogP contribution in [0.25, 0.3) is 0 Å². The average Bonchev–Trinajstić information content (AvgIpc) is 3.39. The van der Waals surface area contributed by atoms with Crippen molar-refractivity contribution in [1.29, 1.82) is 0 Å². The first-order valence-corrected chi connectivity index (χ1v) is 32.1. The van der Waals surface area contributed by atoms with Crippen LogP contribution in [0.2, 0.25) is 0 Å². The van der Waals surface area contributed by atoms with E-state index in [1.54, 1.807) is 32.4 Å². The maximum absolute atomic E-state index is 6.16. The van der Waals surface area contributed by atoms with Crippen LogP contribution in [-0.4, -0.2) is 44.9 Å². The van der Waals surface area contributed by atoms with Crippen LogP contribution in [0.3, 0.4) is 0 Å². The maximum Gasteiger partial charge on any atom is 0.147 e. The van der Waals surface area contributed by atoms with Crippen LogP contribution < -0.4 is 0 Å². The zero-order valence-corrected chi connectivity index (χ0v) is 46.5. The van der Waals surface area contributed by atoms with Gasteiger partial charge in [-0.3, -0.25) is 0 Å². The number of nitrogens with zero attached hydrogens (tertiary/aromatic N) is 3. The van der Waals surface area contributed by atoms with E-state index >= 15 is 0 Å². The summed E-state index contributed by atoms with van der Waals surface area (Å²) < 4.78 is 2.89. The van der Waals surface area contributed by atoms with E-state index in [9.17, 15) is 0 Å². The second-order valence-electron chi connectivity index (χ2n) is 17.6. The first kappa shape index (κ1) is 53.9. The van der Waals surface area contributed by atoms with Crippen LogP contribution in [0.1, 0.15) is 71.9 Å². The lowest BCUT2D eigenvalue weighted by molar-refractivity contribution is 0.169. The molecule has 3 atom stereocenters. The third-order valence-corrected chi connectivity index (χ3v) is 21.7. The average molecular weight is 1080 g/mol. The Balaban J connectivity index is 0.929. The van der Waals surface area contributed by atoms with E-state index < -0.39 is 0 Å². The Morgan fingerprint density at radius 2 is 0.609 bits per heavy atom. The first-order valence-electron chi connectivity index (χ1n) is 23.9. The monoisotopic (exact) mass is 1080 g/mol. The highest BCUT2D eigenvalue weighted by atomic mass is 33.1. The van der Waals surface area contributed by atoms with Crippen molar-refractivity contribution in [2.24, 2.45) is 17.8 Å². The lowest BCUT2D eigenvalue weighted by Crippen LogP contribution is -2.27. The predicted molar refractivity (Wildman–Crippen MR) is 323 cm³/mol. The molecule has 0 heterocycles. The second kappa shape index (κ2) is 30.9. The molecule has 6 aromatic carbocycles. The van der Waals surface area contributed by atoms with Gasteiger partial charge in [-0.25, -0.2) is 0 Å². The largest absolute Gasteiger partial charge is 0.348 e. The minimum Gasteiger partial charge on any atom is -0.348 e. The zero-order chi connectivity index (χ0) is 47.7. The van der Waals surface area contributed by atoms with E-state index in [4.69, 9.17) is 36.7 Å². The van der Waals surface area contributed by atoms with Gasteiger partial charge >= 0.3 is 0 Å². The summed E-state index contributed by atoms with van der Waals surface area (Å²) in [6, 6.07) is 64.3. The van der Waals surface area contributed by atoms with Crippen LogP contribution in [0.15, 0.2) is 182 Å². The summed E-state index contributed by atoms with van der Waals surface area (Å²) in [5.74, 6) is 5.47. The summed E-state index contributed by atoms with van der Waals surface area (Å²) in [6.07, 6.45) is 7.59. The van der Waals surface area contributed by atoms with Gasteiger partial charge in [0.1, 0.15) is 13.0 Å². The highest BCUT2D eigenvalue weighted by molar-refractivity contribution is 8.84. The number of benzene rings is 6. The number of hydrogen-bond donors (Lipinski definition) is 0. The molecule has 0 aliphatic heterocycles. The number of thiocarbonyl (C=S) groups is 3. The molecule has 0 radical (unpaired) electrons. The molecule has 1 fully saturated rings. The van der Waals surface area contributed by atoms with E-state index in [1.165, 1.54) is 71.9 Å². The van der Waals surface area contributed by atoms with Gasteiger partial charge in [0, 0.05) is 56.5 Å². The zero-order valence-electron chi connectivity index (χ0n) is 39.2. The molecule has 1 saturated carbocycles. The van der Waals surface area contributed by atoms with Crippen molar-refractivity contribution in [3.8, 4) is 0 Å². The van der Waals surface area contributed by atoms with Crippen LogP contribution in [-0.2, 0) is 39.3 Å². The number of rotatable bonds is 24. The topological polar surface area (TPSA) is 9.72 Å². The van der Waals surface area contributed by atoms with Gasteiger partial charge in [-0.1, -0.05) is 257 Å². The molecule has 12 heteroatoms. The highest BCUT2D eigenvalue weighted by Gasteiger charge is 2.30. The quantitative estimate of drug-likeness (QED) is 0.0325. The van der Waals surface area contributed by atoms with Crippen molar-refractivity contribution in [1.82, 2.24) is 14.7 Å². The van der Waals surface area contributed by atoms with Crippen LogP contribution >= 0.6 is 101 Å². The van der Waals surface area contributed by atoms with E-state index in [1.807, 2.05) is 32.4 Å². The molecule has 1 aliphatic carbocycles. The fourth-order valence-corrected chi connectivity index (χ4v) is 16.5. The summed E-state index contributed by atoms with van der Waals surface area (Å²) in [5, 5.41) is 0. The minimum atomic E-state index is 0.700. The third-order valence-electron chi connectivity index (χ3n) is 12.5. The molecule has 360 valence electrons. The predicted octanol–water partition coefficient (Wildman–Crippen LogP) is 17.3. The normalized spacial score (nSPS) is 15.6. The van der Waals surface area contributed by atoms with E-state index in [0.717, 1.165) is 81.3 Å². The van der Waals surface area contributed by atoms with Gasteiger partial charge in [-0.15, -0.1) is 0 Å². The van der Waals surface area contributed by atoms with Crippen molar-refractivity contribution in [2.45, 2.75) is 77.8 Å². The fraction of sp³-hybridized carbons (Fsp3) is 0.316. The first-order chi connectivity index (χ1) is 33.9. The Morgan fingerprint density at radius 3 is 0.899 bits per heavy atom. The Hall–Kier alpha value is -2.91. The van der Waals surface area contributed by atoms with Gasteiger partial charge < -0.3 is 14.7 Å². The second-order valence-corrected chi connectivity index (χ2v) is 26.7. The molecule has 0 aromatic heterocycles. The van der Waals surface area contributed by atoms with Gasteiger partial charge in [-0.2, -0.15) is 0 Å². The minimum absolute atomic E-state index is 0.700. The molecule has 7 rings (SSSR count). The highest BCUT2D eigenvalue weighted by Crippen LogP contribution is 2.43. The molecular weight excluding hydrogens is 1020 g/mol.